The van der Waals surface area contributed by atoms with Crippen molar-refractivity contribution in [2.24, 2.45) is 0 Å². The zero-order valence-corrected chi connectivity index (χ0v) is 16.5. The molecule has 6 heteroatoms. The molecule has 1 amide bonds. The number of benzene rings is 2. The Balaban J connectivity index is 2.28. The van der Waals surface area contributed by atoms with Crippen LogP contribution in [0.4, 0.5) is 5.69 Å². The van der Waals surface area contributed by atoms with E-state index in [4.69, 9.17) is 21.1 Å². The molecule has 144 valence electrons. The fourth-order valence-electron chi connectivity index (χ4n) is 2.38. The molecule has 2 aromatic carbocycles. The third-order valence-corrected chi connectivity index (χ3v) is 3.98. The first-order chi connectivity index (χ1) is 13.5. The van der Waals surface area contributed by atoms with Crippen molar-refractivity contribution in [2.45, 2.75) is 13.8 Å². The van der Waals surface area contributed by atoms with Crippen molar-refractivity contribution < 1.29 is 14.3 Å². The Labute approximate surface area is 169 Å². The number of rotatable bonds is 8. The van der Waals surface area contributed by atoms with E-state index in [9.17, 15) is 10.1 Å². The van der Waals surface area contributed by atoms with Crippen molar-refractivity contribution in [3.05, 3.63) is 70.8 Å². The first-order valence-electron chi connectivity index (χ1n) is 8.68. The van der Waals surface area contributed by atoms with Crippen molar-refractivity contribution >= 4 is 29.3 Å². The number of hydrogen-bond donors (Lipinski definition) is 1. The van der Waals surface area contributed by atoms with Gasteiger partial charge in [0.2, 0.25) is 0 Å². The molecule has 2 aromatic rings. The summed E-state index contributed by atoms with van der Waals surface area (Å²) in [5, 5.41) is 12.7. The molecule has 0 atom stereocenters. The Morgan fingerprint density at radius 3 is 2.71 bits per heavy atom. The minimum Gasteiger partial charge on any atom is -0.490 e. The van der Waals surface area contributed by atoms with Crippen molar-refractivity contribution in [1.82, 2.24) is 0 Å². The molecule has 0 heterocycles. The zero-order chi connectivity index (χ0) is 20.5. The second kappa shape index (κ2) is 10.2. The molecule has 0 aromatic heterocycles. The number of nitrogens with one attached hydrogen (secondary N) is 1. The van der Waals surface area contributed by atoms with Gasteiger partial charge in [0, 0.05) is 10.7 Å². The van der Waals surface area contributed by atoms with E-state index in [2.05, 4.69) is 11.9 Å². The summed E-state index contributed by atoms with van der Waals surface area (Å²) in [7, 11) is 0. The summed E-state index contributed by atoms with van der Waals surface area (Å²) in [5.41, 5.74) is 2.00. The first-order valence-corrected chi connectivity index (χ1v) is 9.06. The number of carbonyl (C=O) groups excluding carboxylic acids is 1. The van der Waals surface area contributed by atoms with Crippen LogP contribution in [0.3, 0.4) is 0 Å². The van der Waals surface area contributed by atoms with E-state index in [1.165, 1.54) is 6.08 Å². The molecule has 0 saturated heterocycles. The molecule has 28 heavy (non-hydrogen) atoms. The topological polar surface area (TPSA) is 71.3 Å². The standard InChI is InChI=1S/C22H21ClN2O3/c1-4-10-28-20-9-7-16(12-21(20)27-5-2)11-17(14-24)22(26)25-19-13-18(23)8-6-15(19)3/h4,6-9,11-13H,1,5,10H2,2-3H3,(H,25,26)/b17-11+. The number of nitriles is 1. The Morgan fingerprint density at radius 2 is 2.04 bits per heavy atom. The van der Waals surface area contributed by atoms with Gasteiger partial charge in [-0.1, -0.05) is 36.4 Å². The molecule has 2 rings (SSSR count). The number of hydrogen-bond acceptors (Lipinski definition) is 4. The lowest BCUT2D eigenvalue weighted by atomic mass is 10.1. The van der Waals surface area contributed by atoms with Crippen LogP contribution >= 0.6 is 11.6 Å². The lowest BCUT2D eigenvalue weighted by Crippen LogP contribution is -2.14. The molecule has 0 aliphatic heterocycles. The lowest BCUT2D eigenvalue weighted by molar-refractivity contribution is -0.112. The Morgan fingerprint density at radius 1 is 1.25 bits per heavy atom. The number of anilines is 1. The first kappa shape index (κ1) is 21.1. The SMILES string of the molecule is C=CCOc1ccc(/C=C(\C#N)C(=O)Nc2cc(Cl)ccc2C)cc1OCC. The van der Waals surface area contributed by atoms with Crippen LogP contribution in [0.5, 0.6) is 11.5 Å². The van der Waals surface area contributed by atoms with Gasteiger partial charge in [0.15, 0.2) is 11.5 Å². The Kier molecular flexibility index (Phi) is 7.67. The summed E-state index contributed by atoms with van der Waals surface area (Å²) in [4.78, 5) is 12.5. The maximum Gasteiger partial charge on any atom is 0.266 e. The Hall–Kier alpha value is -3.23. The number of halogens is 1. The van der Waals surface area contributed by atoms with Crippen LogP contribution in [0.2, 0.25) is 5.02 Å². The van der Waals surface area contributed by atoms with Gasteiger partial charge in [-0.05, 0) is 55.3 Å². The smallest absolute Gasteiger partial charge is 0.266 e. The van der Waals surface area contributed by atoms with Crippen molar-refractivity contribution in [2.75, 3.05) is 18.5 Å². The molecule has 0 spiro atoms. The van der Waals surface area contributed by atoms with Crippen molar-refractivity contribution in [3.8, 4) is 17.6 Å². The highest BCUT2D eigenvalue weighted by molar-refractivity contribution is 6.31. The predicted molar refractivity (Wildman–Crippen MR) is 112 cm³/mol. The molecule has 0 fully saturated rings. The van der Waals surface area contributed by atoms with E-state index in [0.717, 1.165) is 5.56 Å². The quantitative estimate of drug-likeness (QED) is 0.380. The fourth-order valence-corrected chi connectivity index (χ4v) is 2.56. The number of aryl methyl sites for hydroxylation is 1. The largest absolute Gasteiger partial charge is 0.490 e. The molecular weight excluding hydrogens is 376 g/mol. The van der Waals surface area contributed by atoms with Crippen LogP contribution in [0.15, 0.2) is 54.6 Å². The zero-order valence-electron chi connectivity index (χ0n) is 15.8. The van der Waals surface area contributed by atoms with Gasteiger partial charge in [-0.2, -0.15) is 5.26 Å². The molecule has 0 radical (unpaired) electrons. The van der Waals surface area contributed by atoms with Gasteiger partial charge in [0.05, 0.1) is 6.61 Å². The minimum absolute atomic E-state index is 0.0402. The normalized spacial score (nSPS) is 10.7. The Bertz CT molecular complexity index is 945. The second-order valence-electron chi connectivity index (χ2n) is 5.82. The summed E-state index contributed by atoms with van der Waals surface area (Å²) in [5.74, 6) is 0.579. The number of carbonyl (C=O) groups is 1. The highest BCUT2D eigenvalue weighted by Crippen LogP contribution is 2.29. The van der Waals surface area contributed by atoms with Crippen LogP contribution in [-0.4, -0.2) is 19.1 Å². The van der Waals surface area contributed by atoms with Crippen LogP contribution in [0.25, 0.3) is 6.08 Å². The second-order valence-corrected chi connectivity index (χ2v) is 6.26. The van der Waals surface area contributed by atoms with E-state index in [0.29, 0.717) is 41.0 Å². The van der Waals surface area contributed by atoms with Crippen molar-refractivity contribution in [1.29, 1.82) is 5.26 Å². The third kappa shape index (κ3) is 5.63. The number of ether oxygens (including phenoxy) is 2. The molecule has 0 bridgehead atoms. The molecule has 1 N–H and O–H groups in total. The highest BCUT2D eigenvalue weighted by atomic mass is 35.5. The van der Waals surface area contributed by atoms with E-state index in [1.807, 2.05) is 19.9 Å². The number of amides is 1. The fraction of sp³-hybridized carbons (Fsp3) is 0.182. The minimum atomic E-state index is -0.516. The van der Waals surface area contributed by atoms with Gasteiger partial charge < -0.3 is 14.8 Å². The highest BCUT2D eigenvalue weighted by Gasteiger charge is 2.12. The molecule has 5 nitrogen and oxygen atoms in total. The van der Waals surface area contributed by atoms with E-state index in [-0.39, 0.29) is 5.57 Å². The van der Waals surface area contributed by atoms with Crippen LogP contribution < -0.4 is 14.8 Å². The summed E-state index contributed by atoms with van der Waals surface area (Å²) in [6.07, 6.45) is 3.13. The maximum atomic E-state index is 12.5. The van der Waals surface area contributed by atoms with Crippen LogP contribution in [0.1, 0.15) is 18.1 Å². The van der Waals surface area contributed by atoms with E-state index < -0.39 is 5.91 Å². The van der Waals surface area contributed by atoms with Gasteiger partial charge in [0.1, 0.15) is 18.2 Å². The monoisotopic (exact) mass is 396 g/mol. The number of nitrogens with zero attached hydrogens (tertiary/aromatic N) is 1. The van der Waals surface area contributed by atoms with Crippen LogP contribution in [-0.2, 0) is 4.79 Å². The van der Waals surface area contributed by atoms with Gasteiger partial charge in [-0.15, -0.1) is 0 Å². The summed E-state index contributed by atoms with van der Waals surface area (Å²) in [6.45, 7) is 8.13. The summed E-state index contributed by atoms with van der Waals surface area (Å²) < 4.78 is 11.1. The van der Waals surface area contributed by atoms with Gasteiger partial charge in [-0.3, -0.25) is 4.79 Å². The molecule has 0 saturated carbocycles. The average Bonchev–Trinajstić information content (AvgIpc) is 2.68. The molecule has 0 aliphatic carbocycles. The summed E-state index contributed by atoms with van der Waals surface area (Å²) in [6, 6.07) is 12.3. The van der Waals surface area contributed by atoms with Crippen molar-refractivity contribution in [3.63, 3.8) is 0 Å². The van der Waals surface area contributed by atoms with E-state index >= 15 is 0 Å². The van der Waals surface area contributed by atoms with E-state index in [1.54, 1.807) is 42.5 Å². The summed E-state index contributed by atoms with van der Waals surface area (Å²) >= 11 is 5.98. The molecule has 0 aliphatic rings. The van der Waals surface area contributed by atoms with Gasteiger partial charge in [0.25, 0.3) is 5.91 Å². The lowest BCUT2D eigenvalue weighted by Gasteiger charge is -2.12. The molecular formula is C22H21ClN2O3. The van der Waals surface area contributed by atoms with Gasteiger partial charge in [-0.25, -0.2) is 0 Å². The van der Waals surface area contributed by atoms with Gasteiger partial charge >= 0.3 is 0 Å². The predicted octanol–water partition coefficient (Wildman–Crippen LogP) is 5.16. The molecule has 0 unspecified atom stereocenters. The average molecular weight is 397 g/mol. The third-order valence-electron chi connectivity index (χ3n) is 3.75. The maximum absolute atomic E-state index is 12.5. The van der Waals surface area contributed by atoms with Crippen LogP contribution in [0, 0.1) is 18.3 Å².